The predicted octanol–water partition coefficient (Wildman–Crippen LogP) is 2.34. The van der Waals surface area contributed by atoms with Gasteiger partial charge in [0.25, 0.3) is 0 Å². The van der Waals surface area contributed by atoms with Gasteiger partial charge in [0.05, 0.1) is 6.61 Å². The molecule has 2 heterocycles. The molecule has 0 bridgehead atoms. The Kier molecular flexibility index (Phi) is 7.59. The van der Waals surface area contributed by atoms with Crippen molar-refractivity contribution >= 4 is 12.0 Å². The Balaban J connectivity index is 1.82. The number of piperidine rings is 1. The highest BCUT2D eigenvalue weighted by molar-refractivity contribution is 5.91. The fourth-order valence-electron chi connectivity index (χ4n) is 3.30. The van der Waals surface area contributed by atoms with Gasteiger partial charge in [-0.1, -0.05) is 0 Å². The number of aliphatic hydroxyl groups excluding tert-OH is 1. The molecule has 5 nitrogen and oxygen atoms in total. The number of rotatable bonds is 7. The maximum atomic E-state index is 12.4. The van der Waals surface area contributed by atoms with Crippen molar-refractivity contribution in [2.24, 2.45) is 5.92 Å². The van der Waals surface area contributed by atoms with Gasteiger partial charge in [-0.15, -0.1) is 0 Å². The lowest BCUT2D eigenvalue weighted by molar-refractivity contribution is -0.127. The first kappa shape index (κ1) is 19.6. The van der Waals surface area contributed by atoms with Crippen molar-refractivity contribution in [3.05, 3.63) is 35.7 Å². The van der Waals surface area contributed by atoms with E-state index in [-0.39, 0.29) is 12.5 Å². The molecule has 1 aromatic heterocycles. The van der Waals surface area contributed by atoms with Crippen LogP contribution in [0.25, 0.3) is 6.08 Å². The molecule has 0 unspecified atom stereocenters. The van der Waals surface area contributed by atoms with Crippen LogP contribution in [0.1, 0.15) is 37.8 Å². The van der Waals surface area contributed by atoms with Crippen LogP contribution in [0.5, 0.6) is 0 Å². The monoisotopic (exact) mass is 345 g/mol. The van der Waals surface area contributed by atoms with Gasteiger partial charge >= 0.3 is 0 Å². The second-order valence-electron chi connectivity index (χ2n) is 7.21. The van der Waals surface area contributed by atoms with Gasteiger partial charge in [-0.2, -0.15) is 0 Å². The molecule has 1 fully saturated rings. The maximum absolute atomic E-state index is 12.4. The van der Waals surface area contributed by atoms with Crippen LogP contribution in [0, 0.1) is 12.8 Å². The molecule has 138 valence electrons. The van der Waals surface area contributed by atoms with Crippen LogP contribution in [0.15, 0.2) is 24.5 Å². The van der Waals surface area contributed by atoms with E-state index in [2.05, 4.69) is 23.7 Å². The van der Waals surface area contributed by atoms with Crippen LogP contribution >= 0.6 is 0 Å². The van der Waals surface area contributed by atoms with E-state index in [1.807, 2.05) is 24.0 Å². The summed E-state index contributed by atoms with van der Waals surface area (Å²) in [5, 5.41) is 9.19. The Morgan fingerprint density at radius 3 is 2.72 bits per heavy atom. The lowest BCUT2D eigenvalue weighted by Gasteiger charge is -2.35. The lowest BCUT2D eigenvalue weighted by Crippen LogP contribution is -2.43. The second kappa shape index (κ2) is 9.68. The SMILES string of the molecule is Cc1cncc(C=CC(=O)N2CCC(CN(CCO)C(C)C)CC2)c1. The highest BCUT2D eigenvalue weighted by atomic mass is 16.3. The molecule has 1 aromatic rings. The zero-order chi connectivity index (χ0) is 18.2. The fourth-order valence-corrected chi connectivity index (χ4v) is 3.30. The number of nitrogens with zero attached hydrogens (tertiary/aromatic N) is 3. The van der Waals surface area contributed by atoms with Crippen molar-refractivity contribution in [3.63, 3.8) is 0 Å². The first-order chi connectivity index (χ1) is 12.0. The van der Waals surface area contributed by atoms with Crippen LogP contribution in [-0.2, 0) is 4.79 Å². The molecule has 1 saturated heterocycles. The zero-order valence-electron chi connectivity index (χ0n) is 15.7. The summed E-state index contributed by atoms with van der Waals surface area (Å²) in [4.78, 5) is 20.8. The summed E-state index contributed by atoms with van der Waals surface area (Å²) in [6.07, 6.45) is 9.13. The minimum absolute atomic E-state index is 0.0797. The summed E-state index contributed by atoms with van der Waals surface area (Å²) >= 11 is 0. The molecule has 0 spiro atoms. The van der Waals surface area contributed by atoms with E-state index in [1.54, 1.807) is 18.5 Å². The summed E-state index contributed by atoms with van der Waals surface area (Å²) in [5.41, 5.74) is 2.05. The normalized spacial score (nSPS) is 16.3. The van der Waals surface area contributed by atoms with E-state index in [0.29, 0.717) is 12.0 Å². The van der Waals surface area contributed by atoms with Gasteiger partial charge in [0.2, 0.25) is 5.91 Å². The first-order valence-electron chi connectivity index (χ1n) is 9.23. The third-order valence-corrected chi connectivity index (χ3v) is 4.85. The van der Waals surface area contributed by atoms with Crippen molar-refractivity contribution in [3.8, 4) is 0 Å². The summed E-state index contributed by atoms with van der Waals surface area (Å²) in [6.45, 7) is 9.88. The number of likely N-dealkylation sites (tertiary alicyclic amines) is 1. The molecular weight excluding hydrogens is 314 g/mol. The molecule has 5 heteroatoms. The number of amides is 1. The summed E-state index contributed by atoms with van der Waals surface area (Å²) < 4.78 is 0. The summed E-state index contributed by atoms with van der Waals surface area (Å²) in [6, 6.07) is 2.46. The molecule has 1 aliphatic rings. The van der Waals surface area contributed by atoms with Crippen molar-refractivity contribution in [2.45, 2.75) is 39.7 Å². The highest BCUT2D eigenvalue weighted by Gasteiger charge is 2.24. The molecule has 0 saturated carbocycles. The maximum Gasteiger partial charge on any atom is 0.246 e. The summed E-state index contributed by atoms with van der Waals surface area (Å²) in [7, 11) is 0. The van der Waals surface area contributed by atoms with E-state index in [4.69, 9.17) is 0 Å². The quantitative estimate of drug-likeness (QED) is 0.771. The van der Waals surface area contributed by atoms with Crippen molar-refractivity contribution in [1.82, 2.24) is 14.8 Å². The molecule has 0 radical (unpaired) electrons. The molecule has 25 heavy (non-hydrogen) atoms. The highest BCUT2D eigenvalue weighted by Crippen LogP contribution is 2.20. The Morgan fingerprint density at radius 1 is 1.40 bits per heavy atom. The van der Waals surface area contributed by atoms with E-state index in [0.717, 1.165) is 50.1 Å². The van der Waals surface area contributed by atoms with Crippen LogP contribution in [0.3, 0.4) is 0 Å². The smallest absolute Gasteiger partial charge is 0.246 e. The number of aliphatic hydroxyl groups is 1. The average Bonchev–Trinajstić information content (AvgIpc) is 2.60. The van der Waals surface area contributed by atoms with Crippen LogP contribution in [0.2, 0.25) is 0 Å². The molecule has 0 aliphatic carbocycles. The van der Waals surface area contributed by atoms with Gasteiger partial charge in [-0.25, -0.2) is 0 Å². The molecule has 1 amide bonds. The molecule has 2 rings (SSSR count). The van der Waals surface area contributed by atoms with Gasteiger partial charge < -0.3 is 10.0 Å². The molecule has 0 atom stereocenters. The average molecular weight is 345 g/mol. The van der Waals surface area contributed by atoms with Crippen molar-refractivity contribution in [2.75, 3.05) is 32.8 Å². The van der Waals surface area contributed by atoms with Crippen molar-refractivity contribution in [1.29, 1.82) is 0 Å². The first-order valence-corrected chi connectivity index (χ1v) is 9.23. The van der Waals surface area contributed by atoms with Crippen LogP contribution in [0.4, 0.5) is 0 Å². The number of aryl methyl sites for hydroxylation is 1. The zero-order valence-corrected chi connectivity index (χ0v) is 15.7. The van der Waals surface area contributed by atoms with E-state index < -0.39 is 0 Å². The van der Waals surface area contributed by atoms with E-state index in [1.165, 1.54) is 0 Å². The Labute approximate surface area is 151 Å². The van der Waals surface area contributed by atoms with Gasteiger partial charge in [0.1, 0.15) is 0 Å². The fraction of sp³-hybridized carbons (Fsp3) is 0.600. The summed E-state index contributed by atoms with van der Waals surface area (Å²) in [5.74, 6) is 0.680. The Bertz CT molecular complexity index is 578. The number of hydrogen-bond acceptors (Lipinski definition) is 4. The number of hydrogen-bond donors (Lipinski definition) is 1. The largest absolute Gasteiger partial charge is 0.395 e. The minimum atomic E-state index is 0.0797. The third kappa shape index (κ3) is 6.25. The third-order valence-electron chi connectivity index (χ3n) is 4.85. The Morgan fingerprint density at radius 2 is 2.12 bits per heavy atom. The molecular formula is C20H31N3O2. The van der Waals surface area contributed by atoms with E-state index >= 15 is 0 Å². The standard InChI is InChI=1S/C20H31N3O2/c1-16(2)23(10-11-24)15-18-6-8-22(9-7-18)20(25)5-4-19-12-17(3)13-21-14-19/h4-5,12-14,16,18,24H,6-11,15H2,1-3H3. The number of pyridine rings is 1. The number of carbonyl (C=O) groups is 1. The van der Waals surface area contributed by atoms with Crippen LogP contribution in [-0.4, -0.2) is 64.6 Å². The van der Waals surface area contributed by atoms with Gasteiger partial charge in [0, 0.05) is 50.7 Å². The van der Waals surface area contributed by atoms with E-state index in [9.17, 15) is 9.90 Å². The molecule has 1 aliphatic heterocycles. The van der Waals surface area contributed by atoms with Crippen LogP contribution < -0.4 is 0 Å². The molecule has 0 aromatic carbocycles. The molecule has 1 N–H and O–H groups in total. The topological polar surface area (TPSA) is 56.7 Å². The second-order valence-corrected chi connectivity index (χ2v) is 7.21. The van der Waals surface area contributed by atoms with Crippen molar-refractivity contribution < 1.29 is 9.90 Å². The van der Waals surface area contributed by atoms with Gasteiger partial charge in [0.15, 0.2) is 0 Å². The minimum Gasteiger partial charge on any atom is -0.395 e. The van der Waals surface area contributed by atoms with Gasteiger partial charge in [-0.05, 0) is 62.8 Å². The number of aromatic nitrogens is 1. The lowest BCUT2D eigenvalue weighted by atomic mass is 9.95. The predicted molar refractivity (Wildman–Crippen MR) is 101 cm³/mol. The Hall–Kier alpha value is -1.72. The number of carbonyl (C=O) groups excluding carboxylic acids is 1. The van der Waals surface area contributed by atoms with Gasteiger partial charge in [-0.3, -0.25) is 14.7 Å².